The topological polar surface area (TPSA) is 75.9 Å². The predicted octanol–water partition coefficient (Wildman–Crippen LogP) is 4.03. The lowest BCUT2D eigenvalue weighted by molar-refractivity contribution is -0.115. The van der Waals surface area contributed by atoms with Gasteiger partial charge in [-0.15, -0.1) is 0 Å². The monoisotopic (exact) mass is 391 g/mol. The van der Waals surface area contributed by atoms with Crippen LogP contribution in [0.15, 0.2) is 53.1 Å². The summed E-state index contributed by atoms with van der Waals surface area (Å²) >= 11 is 0. The molecule has 0 radical (unpaired) electrons. The van der Waals surface area contributed by atoms with Gasteiger partial charge in [0.1, 0.15) is 0 Å². The van der Waals surface area contributed by atoms with Crippen LogP contribution in [0.5, 0.6) is 0 Å². The van der Waals surface area contributed by atoms with Gasteiger partial charge in [0.05, 0.1) is 24.8 Å². The fraction of sp³-hybridized carbons (Fsp3) is 0.391. The molecule has 6 heteroatoms. The molecular weight excluding hydrogens is 362 g/mol. The van der Waals surface area contributed by atoms with Crippen LogP contribution in [-0.2, 0) is 24.7 Å². The first-order valence-electron chi connectivity index (χ1n) is 10.2. The van der Waals surface area contributed by atoms with Crippen molar-refractivity contribution in [2.45, 2.75) is 46.0 Å². The Hall–Kier alpha value is -3.02. The largest absolute Gasteiger partial charge is 0.348 e. The fourth-order valence-corrected chi connectivity index (χ4v) is 3.50. The zero-order valence-corrected chi connectivity index (χ0v) is 17.5. The van der Waals surface area contributed by atoms with E-state index in [4.69, 9.17) is 0 Å². The van der Waals surface area contributed by atoms with Crippen LogP contribution in [0, 0.1) is 0 Å². The second-order valence-electron chi connectivity index (χ2n) is 7.24. The van der Waals surface area contributed by atoms with Crippen molar-refractivity contribution in [1.29, 1.82) is 0 Å². The van der Waals surface area contributed by atoms with E-state index in [1.165, 1.54) is 5.69 Å². The number of carbonyl (C=O) groups is 1. The van der Waals surface area contributed by atoms with Crippen molar-refractivity contribution in [2.24, 2.45) is 12.0 Å². The average Bonchev–Trinajstić information content (AvgIpc) is 3.45. The summed E-state index contributed by atoms with van der Waals surface area (Å²) in [6.45, 7) is 4.71. The number of aromatic amines is 1. The van der Waals surface area contributed by atoms with Crippen LogP contribution in [0.3, 0.4) is 0 Å². The van der Waals surface area contributed by atoms with Crippen molar-refractivity contribution in [3.05, 3.63) is 65.0 Å². The van der Waals surface area contributed by atoms with Gasteiger partial charge < -0.3 is 4.98 Å². The Morgan fingerprint density at radius 1 is 1.34 bits per heavy atom. The first-order chi connectivity index (χ1) is 14.1. The molecule has 1 N–H and O–H groups in total. The molecule has 0 bridgehead atoms. The van der Waals surface area contributed by atoms with Crippen molar-refractivity contribution in [2.75, 3.05) is 6.54 Å². The molecule has 0 saturated heterocycles. The summed E-state index contributed by atoms with van der Waals surface area (Å²) in [6.07, 6.45) is 17.6. The number of imidazole rings is 1. The number of aryl methyl sites for hydroxylation is 3. The van der Waals surface area contributed by atoms with Gasteiger partial charge in [-0.2, -0.15) is 5.10 Å². The van der Waals surface area contributed by atoms with E-state index in [0.29, 0.717) is 13.0 Å². The van der Waals surface area contributed by atoms with Crippen LogP contribution in [0.4, 0.5) is 0 Å². The lowest BCUT2D eigenvalue weighted by atomic mass is 10.00. The number of hydrogen-bond acceptors (Lipinski definition) is 4. The Labute approximate surface area is 172 Å². The number of rotatable bonds is 10. The van der Waals surface area contributed by atoms with Gasteiger partial charge in [0.15, 0.2) is 5.78 Å². The summed E-state index contributed by atoms with van der Waals surface area (Å²) in [5.74, 6) is 0.155. The molecule has 2 aromatic heterocycles. The van der Waals surface area contributed by atoms with E-state index in [9.17, 15) is 4.79 Å². The molecule has 3 rings (SSSR count). The van der Waals surface area contributed by atoms with Crippen LogP contribution in [0.1, 0.15) is 50.1 Å². The highest BCUT2D eigenvalue weighted by atomic mass is 16.1. The van der Waals surface area contributed by atoms with Gasteiger partial charge in [-0.25, -0.2) is 4.98 Å². The van der Waals surface area contributed by atoms with Crippen LogP contribution < -0.4 is 0 Å². The Bertz CT molecular complexity index is 971. The molecule has 0 fully saturated rings. The Morgan fingerprint density at radius 3 is 2.93 bits per heavy atom. The SMILES string of the molecule is C/C=C(\C=C/C1=C(C(=O)CCCc2nc[nH]c2CCC)C=NC1)c1cnn(C)c1. The standard InChI is InChI=1S/C23H29N5O/c1-4-7-21-22(26-16-25-21)8-6-9-23(29)20-14-24-12-18(20)11-10-17(5-2)19-13-27-28(3)15-19/h5,10-11,13-16H,4,6-9,12H2,1-3H3,(H,25,26)/b11-10-,17-5+. The number of nitrogens with one attached hydrogen (secondary N) is 1. The first kappa shape index (κ1) is 20.7. The summed E-state index contributed by atoms with van der Waals surface area (Å²) in [4.78, 5) is 24.7. The number of Topliss-reactive ketones (excluding diaryl/α,β-unsaturated/α-hetero) is 1. The highest BCUT2D eigenvalue weighted by molar-refractivity contribution is 6.15. The highest BCUT2D eigenvalue weighted by Gasteiger charge is 2.16. The summed E-state index contributed by atoms with van der Waals surface area (Å²) in [6, 6.07) is 0. The third-order valence-electron chi connectivity index (χ3n) is 5.07. The molecule has 29 heavy (non-hydrogen) atoms. The minimum Gasteiger partial charge on any atom is -0.348 e. The Morgan fingerprint density at radius 2 is 2.21 bits per heavy atom. The number of nitrogens with zero attached hydrogens (tertiary/aromatic N) is 4. The maximum atomic E-state index is 12.7. The van der Waals surface area contributed by atoms with E-state index in [1.54, 1.807) is 17.2 Å². The minimum atomic E-state index is 0.155. The molecule has 0 amide bonds. The van der Waals surface area contributed by atoms with Gasteiger partial charge in [-0.05, 0) is 37.3 Å². The van der Waals surface area contributed by atoms with E-state index in [1.807, 2.05) is 44.6 Å². The van der Waals surface area contributed by atoms with Gasteiger partial charge in [-0.3, -0.25) is 14.5 Å². The van der Waals surface area contributed by atoms with Crippen molar-refractivity contribution >= 4 is 17.6 Å². The van der Waals surface area contributed by atoms with E-state index in [0.717, 1.165) is 53.7 Å². The number of carbonyl (C=O) groups excluding carboxylic acids is 1. The highest BCUT2D eigenvalue weighted by Crippen LogP contribution is 2.20. The van der Waals surface area contributed by atoms with Gasteiger partial charge in [-0.1, -0.05) is 31.6 Å². The van der Waals surface area contributed by atoms with Crippen LogP contribution in [0.2, 0.25) is 0 Å². The molecule has 0 spiro atoms. The molecule has 2 aromatic rings. The second-order valence-corrected chi connectivity index (χ2v) is 7.24. The number of aromatic nitrogens is 4. The molecule has 0 saturated carbocycles. The quantitative estimate of drug-likeness (QED) is 0.621. The molecule has 152 valence electrons. The van der Waals surface area contributed by atoms with Crippen molar-refractivity contribution in [3.8, 4) is 0 Å². The number of hydrogen-bond donors (Lipinski definition) is 1. The Balaban J connectivity index is 1.61. The number of allylic oxidation sites excluding steroid dienone is 4. The molecule has 0 aliphatic carbocycles. The second kappa shape index (κ2) is 9.96. The summed E-state index contributed by atoms with van der Waals surface area (Å²) in [5, 5.41) is 4.22. The molecule has 6 nitrogen and oxygen atoms in total. The summed E-state index contributed by atoms with van der Waals surface area (Å²) < 4.78 is 1.78. The molecule has 3 heterocycles. The fourth-order valence-electron chi connectivity index (χ4n) is 3.50. The van der Waals surface area contributed by atoms with E-state index in [-0.39, 0.29) is 5.78 Å². The van der Waals surface area contributed by atoms with Crippen LogP contribution >= 0.6 is 0 Å². The van der Waals surface area contributed by atoms with E-state index in [2.05, 4.69) is 27.0 Å². The number of H-pyrrole nitrogens is 1. The van der Waals surface area contributed by atoms with Gasteiger partial charge in [0.25, 0.3) is 0 Å². The predicted molar refractivity (Wildman–Crippen MR) is 117 cm³/mol. The number of ketones is 1. The summed E-state index contributed by atoms with van der Waals surface area (Å²) in [5.41, 5.74) is 6.12. The first-order valence-corrected chi connectivity index (χ1v) is 10.2. The van der Waals surface area contributed by atoms with Gasteiger partial charge in [0, 0.05) is 42.7 Å². The van der Waals surface area contributed by atoms with Gasteiger partial charge >= 0.3 is 0 Å². The molecule has 1 aliphatic heterocycles. The molecule has 1 aliphatic rings. The van der Waals surface area contributed by atoms with E-state index < -0.39 is 0 Å². The minimum absolute atomic E-state index is 0.155. The third-order valence-corrected chi connectivity index (χ3v) is 5.07. The zero-order valence-electron chi connectivity index (χ0n) is 17.5. The average molecular weight is 392 g/mol. The van der Waals surface area contributed by atoms with E-state index >= 15 is 0 Å². The van der Waals surface area contributed by atoms with Crippen LogP contribution in [0.25, 0.3) is 5.57 Å². The Kier molecular flexibility index (Phi) is 7.11. The third kappa shape index (κ3) is 5.28. The lowest BCUT2D eigenvalue weighted by Crippen LogP contribution is -2.06. The zero-order chi connectivity index (χ0) is 20.6. The van der Waals surface area contributed by atoms with Crippen molar-refractivity contribution in [3.63, 3.8) is 0 Å². The van der Waals surface area contributed by atoms with Crippen molar-refractivity contribution in [1.82, 2.24) is 19.7 Å². The molecule has 0 atom stereocenters. The smallest absolute Gasteiger partial charge is 0.164 e. The summed E-state index contributed by atoms with van der Waals surface area (Å²) in [7, 11) is 1.90. The number of aliphatic imine (C=N–C) groups is 1. The molecule has 0 unspecified atom stereocenters. The maximum absolute atomic E-state index is 12.7. The van der Waals surface area contributed by atoms with Gasteiger partial charge in [0.2, 0.25) is 0 Å². The van der Waals surface area contributed by atoms with Crippen molar-refractivity contribution < 1.29 is 4.79 Å². The lowest BCUT2D eigenvalue weighted by Gasteiger charge is -2.04. The molecule has 0 aromatic carbocycles. The maximum Gasteiger partial charge on any atom is 0.164 e. The normalized spacial score (nSPS) is 14.5. The van der Waals surface area contributed by atoms with Crippen LogP contribution in [-0.4, -0.2) is 38.3 Å². The molecular formula is C23H29N5O.